The minimum atomic E-state index is -0.301. The molecule has 2 amide bonds. The van der Waals surface area contributed by atoms with Gasteiger partial charge in [-0.15, -0.1) is 11.3 Å². The number of hydrazone groups is 1. The Morgan fingerprint density at radius 1 is 1.25 bits per heavy atom. The van der Waals surface area contributed by atoms with Gasteiger partial charge in [0.1, 0.15) is 5.71 Å². The second-order valence-electron chi connectivity index (χ2n) is 5.34. The van der Waals surface area contributed by atoms with Crippen molar-refractivity contribution in [2.75, 3.05) is 5.32 Å². The fourth-order valence-corrected chi connectivity index (χ4v) is 3.13. The number of nitrogens with one attached hydrogen (secondary N) is 2. The lowest BCUT2D eigenvalue weighted by molar-refractivity contribution is -0.121. The standard InChI is InChI=1S/C16H13N5O2S/c22-14-6-5-12(19-20-14)15(23)17-11-3-1-10(2-4-11)13-9-21-7-8-24-16(21)18-13/h1-4,7-9H,5-6H2,(H,17,23)(H,20,22). The van der Waals surface area contributed by atoms with Crippen molar-refractivity contribution in [1.82, 2.24) is 14.8 Å². The number of nitrogens with zero attached hydrogens (tertiary/aromatic N) is 3. The van der Waals surface area contributed by atoms with E-state index in [4.69, 9.17) is 0 Å². The van der Waals surface area contributed by atoms with Crippen LogP contribution in [0.4, 0.5) is 5.69 Å². The number of carbonyl (C=O) groups is 2. The van der Waals surface area contributed by atoms with Crippen LogP contribution < -0.4 is 10.7 Å². The Balaban J connectivity index is 1.48. The summed E-state index contributed by atoms with van der Waals surface area (Å²) in [4.78, 5) is 28.6. The third-order valence-corrected chi connectivity index (χ3v) is 4.47. The Morgan fingerprint density at radius 3 is 2.79 bits per heavy atom. The number of amides is 2. The van der Waals surface area contributed by atoms with Crippen molar-refractivity contribution < 1.29 is 9.59 Å². The molecule has 8 heteroatoms. The smallest absolute Gasteiger partial charge is 0.271 e. The Labute approximate surface area is 141 Å². The number of aromatic nitrogens is 2. The predicted molar refractivity (Wildman–Crippen MR) is 91.9 cm³/mol. The van der Waals surface area contributed by atoms with E-state index in [2.05, 4.69) is 20.8 Å². The number of anilines is 1. The summed E-state index contributed by atoms with van der Waals surface area (Å²) in [6, 6.07) is 7.46. The number of rotatable bonds is 3. The number of benzene rings is 1. The van der Waals surface area contributed by atoms with Gasteiger partial charge in [-0.1, -0.05) is 12.1 Å². The molecule has 0 unspecified atom stereocenters. The van der Waals surface area contributed by atoms with Gasteiger partial charge in [0.25, 0.3) is 5.91 Å². The molecule has 0 aliphatic carbocycles. The molecule has 3 heterocycles. The predicted octanol–water partition coefficient (Wildman–Crippen LogP) is 2.27. The minimum Gasteiger partial charge on any atom is -0.321 e. The van der Waals surface area contributed by atoms with Gasteiger partial charge < -0.3 is 5.32 Å². The minimum absolute atomic E-state index is 0.170. The zero-order chi connectivity index (χ0) is 16.5. The van der Waals surface area contributed by atoms with Gasteiger partial charge >= 0.3 is 0 Å². The van der Waals surface area contributed by atoms with Crippen LogP contribution in [0.25, 0.3) is 16.2 Å². The van der Waals surface area contributed by atoms with E-state index in [1.54, 1.807) is 11.3 Å². The highest BCUT2D eigenvalue weighted by Crippen LogP contribution is 2.23. The van der Waals surface area contributed by atoms with Crippen molar-refractivity contribution in [2.24, 2.45) is 5.10 Å². The first-order valence-electron chi connectivity index (χ1n) is 7.38. The number of thiazole rings is 1. The van der Waals surface area contributed by atoms with E-state index in [1.165, 1.54) is 0 Å². The molecule has 2 aromatic heterocycles. The summed E-state index contributed by atoms with van der Waals surface area (Å²) in [5.41, 5.74) is 5.18. The number of fused-ring (bicyclic) bond motifs is 1. The van der Waals surface area contributed by atoms with Crippen molar-refractivity contribution in [3.63, 3.8) is 0 Å². The van der Waals surface area contributed by atoms with E-state index in [1.807, 2.05) is 46.4 Å². The first kappa shape index (κ1) is 14.6. The van der Waals surface area contributed by atoms with E-state index < -0.39 is 0 Å². The molecular formula is C16H13N5O2S. The molecule has 1 aliphatic heterocycles. The summed E-state index contributed by atoms with van der Waals surface area (Å²) < 4.78 is 1.98. The van der Waals surface area contributed by atoms with Gasteiger partial charge in [0.15, 0.2) is 4.96 Å². The van der Waals surface area contributed by atoms with E-state index in [-0.39, 0.29) is 18.2 Å². The number of hydrogen-bond donors (Lipinski definition) is 2. The van der Waals surface area contributed by atoms with Gasteiger partial charge in [-0.25, -0.2) is 10.4 Å². The molecule has 24 heavy (non-hydrogen) atoms. The lowest BCUT2D eigenvalue weighted by Crippen LogP contribution is -2.32. The van der Waals surface area contributed by atoms with Gasteiger partial charge in [-0.05, 0) is 12.1 Å². The van der Waals surface area contributed by atoms with Crippen LogP contribution in [-0.4, -0.2) is 26.9 Å². The van der Waals surface area contributed by atoms with Gasteiger partial charge in [0, 0.05) is 41.9 Å². The van der Waals surface area contributed by atoms with E-state index in [0.717, 1.165) is 16.2 Å². The van der Waals surface area contributed by atoms with Crippen LogP contribution in [0, 0.1) is 0 Å². The number of imidazole rings is 1. The topological polar surface area (TPSA) is 87.9 Å². The third-order valence-electron chi connectivity index (χ3n) is 3.70. The highest BCUT2D eigenvalue weighted by atomic mass is 32.1. The van der Waals surface area contributed by atoms with Gasteiger partial charge in [0.2, 0.25) is 5.91 Å². The zero-order valence-corrected chi connectivity index (χ0v) is 13.3. The van der Waals surface area contributed by atoms with Gasteiger partial charge in [0.05, 0.1) is 5.69 Å². The molecule has 7 nitrogen and oxygen atoms in total. The molecule has 4 rings (SSSR count). The maximum absolute atomic E-state index is 12.1. The molecule has 1 aliphatic rings. The van der Waals surface area contributed by atoms with Crippen LogP contribution in [0.3, 0.4) is 0 Å². The van der Waals surface area contributed by atoms with Crippen molar-refractivity contribution in [3.05, 3.63) is 42.0 Å². The summed E-state index contributed by atoms with van der Waals surface area (Å²) >= 11 is 1.58. The monoisotopic (exact) mass is 339 g/mol. The van der Waals surface area contributed by atoms with Crippen LogP contribution in [0.15, 0.2) is 47.1 Å². The molecule has 0 atom stereocenters. The molecule has 0 radical (unpaired) electrons. The fourth-order valence-electron chi connectivity index (χ4n) is 2.43. The molecule has 120 valence electrons. The molecule has 0 saturated heterocycles. The Bertz CT molecular complexity index is 926. The summed E-state index contributed by atoms with van der Waals surface area (Å²) in [5.74, 6) is -0.471. The highest BCUT2D eigenvalue weighted by Gasteiger charge is 2.18. The van der Waals surface area contributed by atoms with Crippen molar-refractivity contribution in [1.29, 1.82) is 0 Å². The molecular weight excluding hydrogens is 326 g/mol. The second-order valence-corrected chi connectivity index (χ2v) is 6.22. The molecule has 0 bridgehead atoms. The highest BCUT2D eigenvalue weighted by molar-refractivity contribution is 7.15. The van der Waals surface area contributed by atoms with Crippen molar-refractivity contribution in [3.8, 4) is 11.3 Å². The Morgan fingerprint density at radius 2 is 2.08 bits per heavy atom. The summed E-state index contributed by atoms with van der Waals surface area (Å²) in [6.45, 7) is 0. The molecule has 3 aromatic rings. The largest absolute Gasteiger partial charge is 0.321 e. The average Bonchev–Trinajstić information content (AvgIpc) is 3.18. The Kier molecular flexibility index (Phi) is 3.58. The number of hydrogen-bond acceptors (Lipinski definition) is 5. The van der Waals surface area contributed by atoms with Crippen LogP contribution in [-0.2, 0) is 9.59 Å². The second kappa shape index (κ2) is 5.89. The third kappa shape index (κ3) is 2.79. The molecule has 0 fully saturated rings. The first-order chi connectivity index (χ1) is 11.7. The maximum Gasteiger partial charge on any atom is 0.271 e. The molecule has 0 saturated carbocycles. The first-order valence-corrected chi connectivity index (χ1v) is 8.26. The van der Waals surface area contributed by atoms with Crippen LogP contribution in [0.5, 0.6) is 0 Å². The number of carbonyl (C=O) groups excluding carboxylic acids is 2. The summed E-state index contributed by atoms with van der Waals surface area (Å²) in [7, 11) is 0. The quantitative estimate of drug-likeness (QED) is 0.767. The molecule has 2 N–H and O–H groups in total. The van der Waals surface area contributed by atoms with Crippen molar-refractivity contribution >= 4 is 39.5 Å². The zero-order valence-electron chi connectivity index (χ0n) is 12.5. The van der Waals surface area contributed by atoms with Crippen molar-refractivity contribution in [2.45, 2.75) is 12.8 Å². The van der Waals surface area contributed by atoms with E-state index >= 15 is 0 Å². The average molecular weight is 339 g/mol. The van der Waals surface area contributed by atoms with Crippen LogP contribution in [0.1, 0.15) is 12.8 Å². The summed E-state index contributed by atoms with van der Waals surface area (Å²) in [5, 5.41) is 8.55. The maximum atomic E-state index is 12.1. The Hall–Kier alpha value is -3.00. The van der Waals surface area contributed by atoms with E-state index in [0.29, 0.717) is 17.8 Å². The van der Waals surface area contributed by atoms with E-state index in [9.17, 15) is 9.59 Å². The van der Waals surface area contributed by atoms with Crippen LogP contribution in [0.2, 0.25) is 0 Å². The fraction of sp³-hybridized carbons (Fsp3) is 0.125. The molecule has 0 spiro atoms. The van der Waals surface area contributed by atoms with Gasteiger partial charge in [-0.2, -0.15) is 5.10 Å². The SMILES string of the molecule is O=C1CCC(C(=O)Nc2ccc(-c3cn4ccsc4n3)cc2)=NN1. The normalized spacial score (nSPS) is 14.3. The lowest BCUT2D eigenvalue weighted by atomic mass is 10.1. The molecule has 1 aromatic carbocycles. The lowest BCUT2D eigenvalue weighted by Gasteiger charge is -2.12. The van der Waals surface area contributed by atoms with Gasteiger partial charge in [-0.3, -0.25) is 14.0 Å². The summed E-state index contributed by atoms with van der Waals surface area (Å²) in [6.07, 6.45) is 4.57. The van der Waals surface area contributed by atoms with Crippen LogP contribution >= 0.6 is 11.3 Å².